The molecule has 0 spiro atoms. The highest BCUT2D eigenvalue weighted by Gasteiger charge is 2.17. The van der Waals surface area contributed by atoms with Crippen molar-refractivity contribution in [3.8, 4) is 17.2 Å². The second-order valence-electron chi connectivity index (χ2n) is 9.39. The number of methoxy groups -OCH3 is 3. The Bertz CT molecular complexity index is 1320. The number of hydrogen-bond acceptors (Lipinski definition) is 6. The quantitative estimate of drug-likeness (QED) is 0.232. The molecule has 4 aromatic rings. The highest BCUT2D eigenvalue weighted by Crippen LogP contribution is 2.16. The molecule has 9 nitrogen and oxygen atoms in total. The predicted molar refractivity (Wildman–Crippen MR) is 159 cm³/mol. The summed E-state index contributed by atoms with van der Waals surface area (Å²) in [5.74, 6) is 0.885. The Hall–Kier alpha value is -5.31. The van der Waals surface area contributed by atoms with E-state index in [0.717, 1.165) is 16.7 Å². The van der Waals surface area contributed by atoms with E-state index in [2.05, 4.69) is 16.0 Å². The molecule has 0 heterocycles. The fourth-order valence-electron chi connectivity index (χ4n) is 4.10. The van der Waals surface area contributed by atoms with Crippen LogP contribution in [0.5, 0.6) is 17.2 Å². The number of carbonyl (C=O) groups is 3. The molecule has 0 atom stereocenters. The summed E-state index contributed by atoms with van der Waals surface area (Å²) in [6, 6.07) is 26.4. The number of nitrogens with one attached hydrogen (secondary N) is 3. The van der Waals surface area contributed by atoms with Crippen molar-refractivity contribution in [2.45, 2.75) is 19.6 Å². The summed E-state index contributed by atoms with van der Waals surface area (Å²) in [6.07, 6.45) is 0. The van der Waals surface area contributed by atoms with Crippen LogP contribution in [-0.2, 0) is 19.6 Å². The Kier molecular flexibility index (Phi) is 10.1. The van der Waals surface area contributed by atoms with Crippen molar-refractivity contribution in [1.29, 1.82) is 0 Å². The molecule has 0 aliphatic heterocycles. The SMILES string of the molecule is COc1ccc(CNC(=O)c2cc(C(=O)NCc3ccc(OC)cc3)cc(C(=O)NCc3ccc(OC)cc3)c2)cc1. The third-order valence-electron chi connectivity index (χ3n) is 6.56. The first-order valence-electron chi connectivity index (χ1n) is 13.3. The Labute approximate surface area is 244 Å². The minimum atomic E-state index is -0.417. The number of amides is 3. The highest BCUT2D eigenvalue weighted by atomic mass is 16.5. The molecule has 0 aromatic heterocycles. The summed E-state index contributed by atoms with van der Waals surface area (Å²) in [6.45, 7) is 0.779. The maximum absolute atomic E-state index is 13.1. The molecular weight excluding hydrogens is 534 g/mol. The smallest absolute Gasteiger partial charge is 0.251 e. The van der Waals surface area contributed by atoms with Crippen LogP contribution in [0.3, 0.4) is 0 Å². The van der Waals surface area contributed by atoms with Crippen molar-refractivity contribution in [1.82, 2.24) is 16.0 Å². The molecule has 4 aromatic carbocycles. The Balaban J connectivity index is 1.50. The van der Waals surface area contributed by atoms with E-state index >= 15 is 0 Å². The molecular formula is C33H33N3O6. The van der Waals surface area contributed by atoms with Crippen molar-refractivity contribution in [2.24, 2.45) is 0 Å². The highest BCUT2D eigenvalue weighted by molar-refractivity contribution is 6.04. The first kappa shape index (κ1) is 29.7. The van der Waals surface area contributed by atoms with E-state index in [1.807, 2.05) is 36.4 Å². The molecule has 0 bridgehead atoms. The van der Waals surface area contributed by atoms with Gasteiger partial charge in [-0.2, -0.15) is 0 Å². The van der Waals surface area contributed by atoms with Gasteiger partial charge in [0.1, 0.15) is 17.2 Å². The Morgan fingerprint density at radius 2 is 0.690 bits per heavy atom. The largest absolute Gasteiger partial charge is 0.497 e. The van der Waals surface area contributed by atoms with Crippen molar-refractivity contribution in [3.05, 3.63) is 124 Å². The van der Waals surface area contributed by atoms with Crippen molar-refractivity contribution in [3.63, 3.8) is 0 Å². The topological polar surface area (TPSA) is 115 Å². The van der Waals surface area contributed by atoms with Gasteiger partial charge in [-0.05, 0) is 71.3 Å². The summed E-state index contributed by atoms with van der Waals surface area (Å²) in [7, 11) is 4.75. The third kappa shape index (κ3) is 8.11. The van der Waals surface area contributed by atoms with Gasteiger partial charge >= 0.3 is 0 Å². The van der Waals surface area contributed by atoms with Crippen molar-refractivity contribution >= 4 is 17.7 Å². The summed E-state index contributed by atoms with van der Waals surface area (Å²) in [4.78, 5) is 39.4. The van der Waals surface area contributed by atoms with Gasteiger partial charge in [0.25, 0.3) is 17.7 Å². The zero-order chi connectivity index (χ0) is 29.9. The lowest BCUT2D eigenvalue weighted by molar-refractivity contribution is 0.0950. The van der Waals surface area contributed by atoms with Gasteiger partial charge in [-0.25, -0.2) is 0 Å². The van der Waals surface area contributed by atoms with Gasteiger partial charge in [0.15, 0.2) is 0 Å². The number of benzene rings is 4. The van der Waals surface area contributed by atoms with Gasteiger partial charge in [0, 0.05) is 36.3 Å². The van der Waals surface area contributed by atoms with Crippen LogP contribution >= 0.6 is 0 Å². The standard InChI is InChI=1S/C33H33N3O6/c1-40-28-10-4-22(5-11-28)19-34-31(37)25-16-26(32(38)35-20-23-6-12-29(41-2)13-7-23)18-27(17-25)33(39)36-21-24-8-14-30(42-3)15-9-24/h4-18H,19-21H2,1-3H3,(H,34,37)(H,35,38)(H,36,39). The fraction of sp³-hybridized carbons (Fsp3) is 0.182. The van der Waals surface area contributed by atoms with E-state index in [1.165, 1.54) is 18.2 Å². The normalized spacial score (nSPS) is 10.4. The molecule has 0 saturated heterocycles. The third-order valence-corrected chi connectivity index (χ3v) is 6.56. The zero-order valence-electron chi connectivity index (χ0n) is 23.7. The van der Waals surface area contributed by atoms with Crippen LogP contribution in [0.25, 0.3) is 0 Å². The van der Waals surface area contributed by atoms with Gasteiger partial charge in [-0.3, -0.25) is 14.4 Å². The lowest BCUT2D eigenvalue weighted by atomic mass is 10.0. The molecule has 0 saturated carbocycles. The van der Waals surface area contributed by atoms with Crippen LogP contribution in [0.2, 0.25) is 0 Å². The van der Waals surface area contributed by atoms with Gasteiger partial charge in [-0.15, -0.1) is 0 Å². The fourth-order valence-corrected chi connectivity index (χ4v) is 4.10. The van der Waals surface area contributed by atoms with Crippen LogP contribution < -0.4 is 30.2 Å². The van der Waals surface area contributed by atoms with E-state index in [1.54, 1.807) is 57.7 Å². The first-order valence-corrected chi connectivity index (χ1v) is 13.3. The Morgan fingerprint density at radius 3 is 0.905 bits per heavy atom. The average molecular weight is 568 g/mol. The lowest BCUT2D eigenvalue weighted by Gasteiger charge is -2.12. The van der Waals surface area contributed by atoms with Gasteiger partial charge in [0.05, 0.1) is 21.3 Å². The van der Waals surface area contributed by atoms with Crippen LogP contribution in [-0.4, -0.2) is 39.1 Å². The number of ether oxygens (including phenoxy) is 3. The molecule has 42 heavy (non-hydrogen) atoms. The van der Waals surface area contributed by atoms with Crippen molar-refractivity contribution < 1.29 is 28.6 Å². The molecule has 0 unspecified atom stereocenters. The van der Waals surface area contributed by atoms with Gasteiger partial charge in [-0.1, -0.05) is 36.4 Å². The van der Waals surface area contributed by atoms with Gasteiger partial charge < -0.3 is 30.2 Å². The Morgan fingerprint density at radius 1 is 0.452 bits per heavy atom. The summed E-state index contributed by atoms with van der Waals surface area (Å²) >= 11 is 0. The molecule has 3 amide bonds. The molecule has 0 radical (unpaired) electrons. The second kappa shape index (κ2) is 14.4. The molecule has 3 N–H and O–H groups in total. The molecule has 9 heteroatoms. The van der Waals surface area contributed by atoms with E-state index < -0.39 is 17.7 Å². The van der Waals surface area contributed by atoms with Crippen LogP contribution in [0, 0.1) is 0 Å². The monoisotopic (exact) mass is 567 g/mol. The van der Waals surface area contributed by atoms with E-state index in [0.29, 0.717) is 17.2 Å². The summed E-state index contributed by atoms with van der Waals surface area (Å²) in [5, 5.41) is 8.57. The van der Waals surface area contributed by atoms with Crippen LogP contribution in [0.1, 0.15) is 47.8 Å². The first-order chi connectivity index (χ1) is 20.4. The molecule has 0 aliphatic carbocycles. The van der Waals surface area contributed by atoms with Crippen LogP contribution in [0.15, 0.2) is 91.0 Å². The van der Waals surface area contributed by atoms with Crippen molar-refractivity contribution in [2.75, 3.05) is 21.3 Å². The number of carbonyl (C=O) groups excluding carboxylic acids is 3. The lowest BCUT2D eigenvalue weighted by Crippen LogP contribution is -2.28. The second-order valence-corrected chi connectivity index (χ2v) is 9.39. The molecule has 0 fully saturated rings. The van der Waals surface area contributed by atoms with E-state index in [4.69, 9.17) is 14.2 Å². The number of rotatable bonds is 12. The van der Waals surface area contributed by atoms with E-state index in [-0.39, 0.29) is 36.3 Å². The molecule has 0 aliphatic rings. The minimum Gasteiger partial charge on any atom is -0.497 e. The zero-order valence-corrected chi connectivity index (χ0v) is 23.7. The molecule has 4 rings (SSSR count). The maximum atomic E-state index is 13.1. The van der Waals surface area contributed by atoms with Gasteiger partial charge in [0.2, 0.25) is 0 Å². The predicted octanol–water partition coefficient (Wildman–Crippen LogP) is 4.50. The maximum Gasteiger partial charge on any atom is 0.251 e. The summed E-state index contributed by atoms with van der Waals surface area (Å²) < 4.78 is 15.5. The average Bonchev–Trinajstić information content (AvgIpc) is 3.05. The minimum absolute atomic E-state index is 0.190. The van der Waals surface area contributed by atoms with E-state index in [9.17, 15) is 14.4 Å². The molecule has 216 valence electrons. The summed E-state index contributed by atoms with van der Waals surface area (Å²) in [5.41, 5.74) is 3.18. The van der Waals surface area contributed by atoms with Crippen LogP contribution in [0.4, 0.5) is 0 Å². The number of hydrogen-bond donors (Lipinski definition) is 3.